The van der Waals surface area contributed by atoms with E-state index in [4.69, 9.17) is 0 Å². The number of aromatic nitrogens is 1. The molecule has 0 spiro atoms. The molecule has 110 valence electrons. The molecule has 0 bridgehead atoms. The molecule has 2 aromatic carbocycles. The fourth-order valence-electron chi connectivity index (χ4n) is 2.58. The second-order valence-corrected chi connectivity index (χ2v) is 5.57. The normalized spacial score (nSPS) is 10.6. The second kappa shape index (κ2) is 5.73. The van der Waals surface area contributed by atoms with Gasteiger partial charge in [0, 0.05) is 16.3 Å². The lowest BCUT2D eigenvalue weighted by Crippen LogP contribution is -2.02. The van der Waals surface area contributed by atoms with Crippen molar-refractivity contribution in [2.24, 2.45) is 0 Å². The van der Waals surface area contributed by atoms with Crippen molar-refractivity contribution >= 4 is 18.6 Å². The molecule has 0 radical (unpaired) electrons. The van der Waals surface area contributed by atoms with Crippen LogP contribution in [0.25, 0.3) is 16.9 Å². The largest absolute Gasteiger partial charge is 0.478 e. The van der Waals surface area contributed by atoms with Crippen LogP contribution in [0.4, 0.5) is 0 Å². The second-order valence-electron chi connectivity index (χ2n) is 5.05. The maximum Gasteiger partial charge on any atom is 0.337 e. The van der Waals surface area contributed by atoms with E-state index in [0.29, 0.717) is 11.3 Å². The molecule has 1 heterocycles. The summed E-state index contributed by atoms with van der Waals surface area (Å²) in [5.41, 5.74) is 3.78. The zero-order chi connectivity index (χ0) is 15.7. The minimum absolute atomic E-state index is 0.314. The highest BCUT2D eigenvalue weighted by molar-refractivity contribution is 7.80. The molecule has 0 unspecified atom stereocenters. The Morgan fingerprint density at radius 3 is 2.27 bits per heavy atom. The van der Waals surface area contributed by atoms with Gasteiger partial charge in [-0.05, 0) is 42.8 Å². The Kier molecular flexibility index (Phi) is 3.77. The Balaban J connectivity index is 2.27. The first kappa shape index (κ1) is 14.5. The van der Waals surface area contributed by atoms with Crippen LogP contribution in [-0.2, 0) is 0 Å². The van der Waals surface area contributed by atoms with Gasteiger partial charge in [-0.3, -0.25) is 0 Å². The molecule has 4 heteroatoms. The molecule has 0 aliphatic rings. The van der Waals surface area contributed by atoms with Crippen molar-refractivity contribution in [2.45, 2.75) is 11.8 Å². The van der Waals surface area contributed by atoms with Gasteiger partial charge in [-0.15, -0.1) is 12.6 Å². The SMILES string of the molecule is Cc1c(C(=O)O)cc(-c2ccccc2)n1-c1ccc(S)cc1. The predicted octanol–water partition coefficient (Wildman–Crippen LogP) is 4.44. The lowest BCUT2D eigenvalue weighted by molar-refractivity contribution is 0.0696. The zero-order valence-electron chi connectivity index (χ0n) is 12.0. The van der Waals surface area contributed by atoms with E-state index in [9.17, 15) is 9.90 Å². The maximum absolute atomic E-state index is 11.5. The minimum atomic E-state index is -0.917. The van der Waals surface area contributed by atoms with Gasteiger partial charge in [-0.25, -0.2) is 4.79 Å². The fraction of sp³-hybridized carbons (Fsp3) is 0.0556. The first-order valence-corrected chi connectivity index (χ1v) is 7.33. The number of aromatic carboxylic acids is 1. The summed E-state index contributed by atoms with van der Waals surface area (Å²) in [5, 5.41) is 9.42. The molecule has 0 atom stereocenters. The Morgan fingerprint density at radius 2 is 1.68 bits per heavy atom. The highest BCUT2D eigenvalue weighted by Gasteiger charge is 2.18. The van der Waals surface area contributed by atoms with E-state index in [1.165, 1.54) is 0 Å². The molecule has 3 rings (SSSR count). The molecule has 0 amide bonds. The molecule has 22 heavy (non-hydrogen) atoms. The number of carboxylic acid groups (broad SMARTS) is 1. The van der Waals surface area contributed by atoms with Crippen molar-refractivity contribution < 1.29 is 9.90 Å². The number of thiol groups is 1. The van der Waals surface area contributed by atoms with Crippen molar-refractivity contribution in [2.75, 3.05) is 0 Å². The number of hydrogen-bond donors (Lipinski definition) is 2. The van der Waals surface area contributed by atoms with Crippen LogP contribution in [0.3, 0.4) is 0 Å². The quantitative estimate of drug-likeness (QED) is 0.702. The molecule has 0 aliphatic carbocycles. The summed E-state index contributed by atoms with van der Waals surface area (Å²) in [6, 6.07) is 19.2. The highest BCUT2D eigenvalue weighted by Crippen LogP contribution is 2.29. The number of carbonyl (C=O) groups is 1. The van der Waals surface area contributed by atoms with Crippen molar-refractivity contribution in [3.8, 4) is 16.9 Å². The lowest BCUT2D eigenvalue weighted by Gasteiger charge is -2.12. The van der Waals surface area contributed by atoms with Crippen molar-refractivity contribution in [1.82, 2.24) is 4.57 Å². The van der Waals surface area contributed by atoms with E-state index in [1.54, 1.807) is 6.07 Å². The van der Waals surface area contributed by atoms with Crippen LogP contribution in [0.5, 0.6) is 0 Å². The zero-order valence-corrected chi connectivity index (χ0v) is 12.9. The van der Waals surface area contributed by atoms with Crippen LogP contribution in [0.1, 0.15) is 16.1 Å². The average molecular weight is 309 g/mol. The number of nitrogens with zero attached hydrogens (tertiary/aromatic N) is 1. The first-order chi connectivity index (χ1) is 10.6. The summed E-state index contributed by atoms with van der Waals surface area (Å²) >= 11 is 4.30. The van der Waals surface area contributed by atoms with Gasteiger partial charge in [0.2, 0.25) is 0 Å². The summed E-state index contributed by atoms with van der Waals surface area (Å²) in [4.78, 5) is 12.3. The number of hydrogen-bond acceptors (Lipinski definition) is 2. The molecule has 0 saturated carbocycles. The Hall–Kier alpha value is -2.46. The topological polar surface area (TPSA) is 42.2 Å². The number of benzene rings is 2. The molecule has 3 aromatic rings. The summed E-state index contributed by atoms with van der Waals surface area (Å²) in [6.07, 6.45) is 0. The van der Waals surface area contributed by atoms with E-state index in [1.807, 2.05) is 66.1 Å². The Morgan fingerprint density at radius 1 is 1.05 bits per heavy atom. The molecule has 0 fully saturated rings. The van der Waals surface area contributed by atoms with Crippen molar-refractivity contribution in [3.63, 3.8) is 0 Å². The summed E-state index contributed by atoms with van der Waals surface area (Å²) in [7, 11) is 0. The Labute approximate surface area is 134 Å². The molecular weight excluding hydrogens is 294 g/mol. The van der Waals surface area contributed by atoms with Crippen LogP contribution in [0.15, 0.2) is 65.6 Å². The molecule has 0 saturated heterocycles. The van der Waals surface area contributed by atoms with Gasteiger partial charge in [0.25, 0.3) is 0 Å². The average Bonchev–Trinajstić information content (AvgIpc) is 2.87. The van der Waals surface area contributed by atoms with Gasteiger partial charge in [-0.1, -0.05) is 30.3 Å². The number of carboxylic acids is 1. The Bertz CT molecular complexity index is 820. The molecule has 0 aliphatic heterocycles. The summed E-state index contributed by atoms with van der Waals surface area (Å²) in [5.74, 6) is -0.917. The van der Waals surface area contributed by atoms with Crippen LogP contribution in [0.2, 0.25) is 0 Å². The summed E-state index contributed by atoms with van der Waals surface area (Å²) < 4.78 is 1.96. The van der Waals surface area contributed by atoms with Crippen molar-refractivity contribution in [1.29, 1.82) is 0 Å². The van der Waals surface area contributed by atoms with Crippen LogP contribution in [0, 0.1) is 6.92 Å². The predicted molar refractivity (Wildman–Crippen MR) is 90.2 cm³/mol. The van der Waals surface area contributed by atoms with E-state index in [0.717, 1.165) is 21.8 Å². The highest BCUT2D eigenvalue weighted by atomic mass is 32.1. The van der Waals surface area contributed by atoms with E-state index < -0.39 is 5.97 Å². The summed E-state index contributed by atoms with van der Waals surface area (Å²) in [6.45, 7) is 1.82. The van der Waals surface area contributed by atoms with Crippen LogP contribution >= 0.6 is 12.6 Å². The van der Waals surface area contributed by atoms with E-state index in [-0.39, 0.29) is 0 Å². The van der Waals surface area contributed by atoms with Gasteiger partial charge >= 0.3 is 5.97 Å². The molecule has 1 aromatic heterocycles. The van der Waals surface area contributed by atoms with Crippen LogP contribution < -0.4 is 0 Å². The molecule has 1 N–H and O–H groups in total. The third kappa shape index (κ3) is 2.53. The van der Waals surface area contributed by atoms with Crippen molar-refractivity contribution in [3.05, 3.63) is 71.9 Å². The van der Waals surface area contributed by atoms with Gasteiger partial charge < -0.3 is 9.67 Å². The van der Waals surface area contributed by atoms with Gasteiger partial charge in [0.1, 0.15) is 0 Å². The smallest absolute Gasteiger partial charge is 0.337 e. The maximum atomic E-state index is 11.5. The molecular formula is C18H15NO2S. The van der Waals surface area contributed by atoms with E-state index >= 15 is 0 Å². The first-order valence-electron chi connectivity index (χ1n) is 6.88. The fourth-order valence-corrected chi connectivity index (χ4v) is 2.73. The lowest BCUT2D eigenvalue weighted by atomic mass is 10.1. The minimum Gasteiger partial charge on any atom is -0.478 e. The third-order valence-electron chi connectivity index (χ3n) is 3.66. The van der Waals surface area contributed by atoms with Gasteiger partial charge in [0.05, 0.1) is 11.3 Å². The monoisotopic (exact) mass is 309 g/mol. The van der Waals surface area contributed by atoms with Gasteiger partial charge in [0.15, 0.2) is 0 Å². The standard InChI is InChI=1S/C18H15NO2S/c1-12-16(18(20)21)11-17(13-5-3-2-4-6-13)19(12)14-7-9-15(22)10-8-14/h2-11,22H,1H3,(H,20,21). The van der Waals surface area contributed by atoms with Gasteiger partial charge in [-0.2, -0.15) is 0 Å². The number of rotatable bonds is 3. The molecule has 3 nitrogen and oxygen atoms in total. The van der Waals surface area contributed by atoms with E-state index in [2.05, 4.69) is 12.6 Å². The third-order valence-corrected chi connectivity index (χ3v) is 3.95. The van der Waals surface area contributed by atoms with Crippen LogP contribution in [-0.4, -0.2) is 15.6 Å².